The average Bonchev–Trinajstić information content (AvgIpc) is 2.89. The Kier molecular flexibility index (Phi) is 7.92. The van der Waals surface area contributed by atoms with Crippen LogP contribution >= 0.6 is 11.8 Å². The monoisotopic (exact) mass is 474 g/mol. The Hall–Kier alpha value is -3.95. The van der Waals surface area contributed by atoms with Crippen LogP contribution in [0.5, 0.6) is 0 Å². The molecule has 0 amide bonds. The summed E-state index contributed by atoms with van der Waals surface area (Å²) in [5, 5.41) is 0. The summed E-state index contributed by atoms with van der Waals surface area (Å²) in [7, 11) is 0. The molecule has 0 saturated heterocycles. The first kappa shape index (κ1) is 24.2. The minimum absolute atomic E-state index is 0.116. The first-order valence-electron chi connectivity index (χ1n) is 11.4. The zero-order valence-electron chi connectivity index (χ0n) is 19.8. The molecule has 0 fully saturated rings. The van der Waals surface area contributed by atoms with Crippen molar-refractivity contribution in [2.24, 2.45) is 0 Å². The topological polar surface area (TPSA) is 34.1 Å². The predicted octanol–water partition coefficient (Wildman–Crippen LogP) is 8.18. The molecule has 0 aliphatic heterocycles. The lowest BCUT2D eigenvalue weighted by molar-refractivity contribution is 0.103. The molecular weight excluding hydrogens is 448 g/mol. The Morgan fingerprint density at radius 2 is 0.857 bits per heavy atom. The lowest BCUT2D eigenvalue weighted by Crippen LogP contribution is -2.06. The maximum Gasteiger partial charge on any atom is 0.199 e. The molecule has 0 saturated carbocycles. The lowest BCUT2D eigenvalue weighted by atomic mass is 10.1. The fourth-order valence-corrected chi connectivity index (χ4v) is 4.54. The number of ketones is 2. The minimum Gasteiger partial charge on any atom is -0.288 e. The summed E-state index contributed by atoms with van der Waals surface area (Å²) in [6.07, 6.45) is 3.71. The van der Waals surface area contributed by atoms with Gasteiger partial charge in [0.05, 0.1) is 9.81 Å². The third kappa shape index (κ3) is 6.56. The molecule has 0 unspecified atom stereocenters. The van der Waals surface area contributed by atoms with Crippen LogP contribution in [-0.4, -0.2) is 11.6 Å². The second-order valence-electron chi connectivity index (χ2n) is 8.33. The number of carbonyl (C=O) groups excluding carboxylic acids is 2. The number of Topliss-reactive ketones (excluding diaryl/α,β-unsaturated/α-hetero) is 2. The van der Waals surface area contributed by atoms with Crippen molar-refractivity contribution in [1.82, 2.24) is 0 Å². The summed E-state index contributed by atoms with van der Waals surface area (Å²) in [6, 6.07) is 34.4. The van der Waals surface area contributed by atoms with Crippen LogP contribution in [0.15, 0.2) is 119 Å². The van der Waals surface area contributed by atoms with Gasteiger partial charge in [0.2, 0.25) is 0 Å². The summed E-state index contributed by atoms with van der Waals surface area (Å²) in [5.41, 5.74) is 5.15. The standard InChI is InChI=1S/C32H26O2S/c1-23-13-17-27(18-14-23)31(33)29(21-25-9-5-3-6-10-25)35-30(22-26-11-7-4-8-12-26)32(34)28-19-15-24(2)16-20-28/h3-22H,1-2H3/b29-21-,30-22-. The highest BCUT2D eigenvalue weighted by Gasteiger charge is 2.20. The van der Waals surface area contributed by atoms with Gasteiger partial charge in [-0.1, -0.05) is 132 Å². The summed E-state index contributed by atoms with van der Waals surface area (Å²) < 4.78 is 0. The highest BCUT2D eigenvalue weighted by Crippen LogP contribution is 2.34. The van der Waals surface area contributed by atoms with Crippen molar-refractivity contribution in [3.8, 4) is 0 Å². The highest BCUT2D eigenvalue weighted by molar-refractivity contribution is 8.08. The molecule has 4 rings (SSSR count). The summed E-state index contributed by atoms with van der Waals surface area (Å²) >= 11 is 1.22. The first-order chi connectivity index (χ1) is 17.0. The number of rotatable bonds is 8. The van der Waals surface area contributed by atoms with Crippen LogP contribution in [0.1, 0.15) is 43.0 Å². The van der Waals surface area contributed by atoms with E-state index < -0.39 is 0 Å². The van der Waals surface area contributed by atoms with E-state index in [4.69, 9.17) is 0 Å². The molecule has 0 radical (unpaired) electrons. The number of carbonyl (C=O) groups is 2. The van der Waals surface area contributed by atoms with Gasteiger partial charge in [0.25, 0.3) is 0 Å². The maximum absolute atomic E-state index is 13.6. The average molecular weight is 475 g/mol. The fraction of sp³-hybridized carbons (Fsp3) is 0.0625. The van der Waals surface area contributed by atoms with Crippen LogP contribution in [0, 0.1) is 13.8 Å². The van der Waals surface area contributed by atoms with E-state index in [0.29, 0.717) is 20.9 Å². The fourth-order valence-electron chi connectivity index (χ4n) is 3.50. The number of benzene rings is 4. The van der Waals surface area contributed by atoms with Crippen molar-refractivity contribution >= 4 is 35.5 Å². The number of hydrogen-bond acceptors (Lipinski definition) is 3. The summed E-state index contributed by atoms with van der Waals surface area (Å²) in [4.78, 5) is 28.2. The van der Waals surface area contributed by atoms with Crippen LogP contribution in [-0.2, 0) is 0 Å². The van der Waals surface area contributed by atoms with Crippen LogP contribution < -0.4 is 0 Å². The van der Waals surface area contributed by atoms with Crippen LogP contribution in [0.25, 0.3) is 12.2 Å². The quantitative estimate of drug-likeness (QED) is 0.191. The Morgan fingerprint density at radius 1 is 0.514 bits per heavy atom. The smallest absolute Gasteiger partial charge is 0.199 e. The number of allylic oxidation sites excluding steroid dienone is 2. The van der Waals surface area contributed by atoms with E-state index in [1.165, 1.54) is 11.8 Å². The van der Waals surface area contributed by atoms with Gasteiger partial charge in [-0.05, 0) is 37.1 Å². The molecule has 0 N–H and O–H groups in total. The van der Waals surface area contributed by atoms with E-state index in [0.717, 1.165) is 22.3 Å². The van der Waals surface area contributed by atoms with Gasteiger partial charge in [-0.25, -0.2) is 0 Å². The van der Waals surface area contributed by atoms with Gasteiger partial charge < -0.3 is 0 Å². The molecule has 0 bridgehead atoms. The van der Waals surface area contributed by atoms with E-state index in [-0.39, 0.29) is 11.6 Å². The molecule has 4 aromatic rings. The van der Waals surface area contributed by atoms with Gasteiger partial charge in [-0.2, -0.15) is 0 Å². The Labute approximate surface area is 211 Å². The molecule has 0 heterocycles. The molecular formula is C32H26O2S. The van der Waals surface area contributed by atoms with E-state index in [1.54, 1.807) is 0 Å². The van der Waals surface area contributed by atoms with E-state index >= 15 is 0 Å². The second-order valence-corrected chi connectivity index (χ2v) is 9.41. The molecule has 35 heavy (non-hydrogen) atoms. The van der Waals surface area contributed by atoms with Crippen molar-refractivity contribution in [3.63, 3.8) is 0 Å². The Balaban J connectivity index is 1.78. The van der Waals surface area contributed by atoms with Crippen LogP contribution in [0.3, 0.4) is 0 Å². The van der Waals surface area contributed by atoms with Crippen molar-refractivity contribution in [1.29, 1.82) is 0 Å². The maximum atomic E-state index is 13.6. The van der Waals surface area contributed by atoms with Crippen molar-refractivity contribution < 1.29 is 9.59 Å². The van der Waals surface area contributed by atoms with Gasteiger partial charge in [0.15, 0.2) is 11.6 Å². The largest absolute Gasteiger partial charge is 0.288 e. The third-order valence-electron chi connectivity index (χ3n) is 5.49. The highest BCUT2D eigenvalue weighted by atomic mass is 32.2. The zero-order valence-corrected chi connectivity index (χ0v) is 20.6. The van der Waals surface area contributed by atoms with Crippen LogP contribution in [0.2, 0.25) is 0 Å². The SMILES string of the molecule is Cc1ccc(C(=O)/C(=C/c2ccccc2)S/C(=C\c2ccccc2)C(=O)c2ccc(C)cc2)cc1. The molecule has 172 valence electrons. The van der Waals surface area contributed by atoms with Crippen molar-refractivity contribution in [3.05, 3.63) is 152 Å². The number of thioether (sulfide) groups is 1. The molecule has 3 heteroatoms. The molecule has 0 atom stereocenters. The molecule has 0 aliphatic carbocycles. The lowest BCUT2D eigenvalue weighted by Gasteiger charge is -2.11. The molecule has 0 aliphatic rings. The van der Waals surface area contributed by atoms with E-state index in [2.05, 4.69) is 0 Å². The van der Waals surface area contributed by atoms with Gasteiger partial charge in [0.1, 0.15) is 0 Å². The summed E-state index contributed by atoms with van der Waals surface area (Å²) in [5.74, 6) is -0.232. The van der Waals surface area contributed by atoms with Gasteiger partial charge in [0, 0.05) is 11.1 Å². The summed E-state index contributed by atoms with van der Waals surface area (Å²) in [6.45, 7) is 3.98. The molecule has 0 aromatic heterocycles. The van der Waals surface area contributed by atoms with E-state index in [1.807, 2.05) is 135 Å². The second kappa shape index (κ2) is 11.5. The van der Waals surface area contributed by atoms with Crippen molar-refractivity contribution in [2.75, 3.05) is 0 Å². The van der Waals surface area contributed by atoms with Gasteiger partial charge in [-0.3, -0.25) is 9.59 Å². The Morgan fingerprint density at radius 3 is 1.20 bits per heavy atom. The molecule has 0 spiro atoms. The van der Waals surface area contributed by atoms with Gasteiger partial charge in [-0.15, -0.1) is 0 Å². The normalized spacial score (nSPS) is 11.8. The predicted molar refractivity (Wildman–Crippen MR) is 147 cm³/mol. The molecule has 4 aromatic carbocycles. The molecule has 2 nitrogen and oxygen atoms in total. The number of aryl methyl sites for hydroxylation is 2. The number of hydrogen-bond donors (Lipinski definition) is 0. The Bertz CT molecular complexity index is 1260. The zero-order chi connectivity index (χ0) is 24.6. The van der Waals surface area contributed by atoms with Gasteiger partial charge >= 0.3 is 0 Å². The van der Waals surface area contributed by atoms with Crippen LogP contribution in [0.4, 0.5) is 0 Å². The van der Waals surface area contributed by atoms with E-state index in [9.17, 15) is 9.59 Å². The third-order valence-corrected chi connectivity index (χ3v) is 6.54. The minimum atomic E-state index is -0.116. The first-order valence-corrected chi connectivity index (χ1v) is 12.3. The van der Waals surface area contributed by atoms with Crippen molar-refractivity contribution in [2.45, 2.75) is 13.8 Å².